The van der Waals surface area contributed by atoms with Gasteiger partial charge in [-0.1, -0.05) is 17.7 Å². The molecule has 4 heteroatoms. The Bertz CT molecular complexity index is 943. The summed E-state index contributed by atoms with van der Waals surface area (Å²) in [6.45, 7) is 5.90. The summed E-state index contributed by atoms with van der Waals surface area (Å²) in [6.07, 6.45) is -0.0854. The lowest BCUT2D eigenvalue weighted by Gasteiger charge is -2.12. The second-order valence-electron chi connectivity index (χ2n) is 6.16. The second-order valence-corrected chi connectivity index (χ2v) is 7.07. The molecule has 24 heavy (non-hydrogen) atoms. The highest BCUT2D eigenvalue weighted by Crippen LogP contribution is 2.30. The van der Waals surface area contributed by atoms with Crippen LogP contribution in [0.5, 0.6) is 0 Å². The average Bonchev–Trinajstić information content (AvgIpc) is 2.92. The standard InChI is InChI=1S/C20H18O3S/c1-11-6-12(2)18(13(3)7-11)19(23)16-9-14(10-17(21)22)8-15-4-5-24-20(15)16/h4-9H,10H2,1-3H3,(H,21,22). The van der Waals surface area contributed by atoms with Crippen LogP contribution in [0.15, 0.2) is 35.7 Å². The van der Waals surface area contributed by atoms with Gasteiger partial charge in [0.2, 0.25) is 0 Å². The molecule has 3 rings (SSSR count). The van der Waals surface area contributed by atoms with Gasteiger partial charge in [0.1, 0.15) is 0 Å². The molecular formula is C20H18O3S. The van der Waals surface area contributed by atoms with Crippen LogP contribution in [0.2, 0.25) is 0 Å². The summed E-state index contributed by atoms with van der Waals surface area (Å²) in [6, 6.07) is 9.52. The molecule has 0 amide bonds. The molecule has 0 radical (unpaired) electrons. The van der Waals surface area contributed by atoms with Crippen LogP contribution in [0.25, 0.3) is 10.1 Å². The van der Waals surface area contributed by atoms with Gasteiger partial charge in [0.05, 0.1) is 6.42 Å². The Morgan fingerprint density at radius 2 is 1.71 bits per heavy atom. The topological polar surface area (TPSA) is 54.4 Å². The van der Waals surface area contributed by atoms with E-state index in [4.69, 9.17) is 5.11 Å². The van der Waals surface area contributed by atoms with Crippen molar-refractivity contribution in [1.29, 1.82) is 0 Å². The molecule has 122 valence electrons. The van der Waals surface area contributed by atoms with E-state index >= 15 is 0 Å². The predicted octanol–water partition coefficient (Wildman–Crippen LogP) is 4.68. The van der Waals surface area contributed by atoms with Gasteiger partial charge >= 0.3 is 5.97 Å². The number of carbonyl (C=O) groups excluding carboxylic acids is 1. The smallest absolute Gasteiger partial charge is 0.307 e. The normalized spacial score (nSPS) is 11.0. The Labute approximate surface area is 144 Å². The van der Waals surface area contributed by atoms with Crippen LogP contribution < -0.4 is 0 Å². The van der Waals surface area contributed by atoms with Gasteiger partial charge in [0, 0.05) is 15.8 Å². The van der Waals surface area contributed by atoms with E-state index in [1.54, 1.807) is 6.07 Å². The SMILES string of the molecule is Cc1cc(C)c(C(=O)c2cc(CC(=O)O)cc3ccsc23)c(C)c1. The highest BCUT2D eigenvalue weighted by atomic mass is 32.1. The van der Waals surface area contributed by atoms with Crippen molar-refractivity contribution in [1.82, 2.24) is 0 Å². The molecule has 0 aliphatic heterocycles. The van der Waals surface area contributed by atoms with Gasteiger partial charge in [-0.15, -0.1) is 11.3 Å². The number of thiophene rings is 1. The van der Waals surface area contributed by atoms with E-state index in [1.807, 2.05) is 50.4 Å². The number of carboxylic acid groups (broad SMARTS) is 1. The number of rotatable bonds is 4. The van der Waals surface area contributed by atoms with E-state index in [1.165, 1.54) is 11.3 Å². The molecule has 2 aromatic carbocycles. The number of hydrogen-bond donors (Lipinski definition) is 1. The molecule has 0 fully saturated rings. The van der Waals surface area contributed by atoms with E-state index in [0.717, 1.165) is 26.8 Å². The zero-order chi connectivity index (χ0) is 17.4. The quantitative estimate of drug-likeness (QED) is 0.703. The molecule has 0 bridgehead atoms. The first-order valence-corrected chi connectivity index (χ1v) is 8.59. The lowest BCUT2D eigenvalue weighted by Crippen LogP contribution is -2.08. The summed E-state index contributed by atoms with van der Waals surface area (Å²) >= 11 is 1.51. The maximum absolute atomic E-state index is 13.2. The molecular weight excluding hydrogens is 320 g/mol. The number of benzene rings is 2. The van der Waals surface area contributed by atoms with Crippen molar-refractivity contribution in [2.75, 3.05) is 0 Å². The van der Waals surface area contributed by atoms with Crippen LogP contribution in [-0.2, 0) is 11.2 Å². The second kappa shape index (κ2) is 6.21. The lowest BCUT2D eigenvalue weighted by molar-refractivity contribution is -0.136. The van der Waals surface area contributed by atoms with Crippen LogP contribution in [0.1, 0.15) is 38.2 Å². The van der Waals surface area contributed by atoms with Gasteiger partial charge < -0.3 is 5.11 Å². The summed E-state index contributed by atoms with van der Waals surface area (Å²) in [5.41, 5.74) is 4.98. The Kier molecular flexibility index (Phi) is 4.24. The van der Waals surface area contributed by atoms with Crippen molar-refractivity contribution in [3.05, 3.63) is 69.1 Å². The maximum atomic E-state index is 13.2. The predicted molar refractivity (Wildman–Crippen MR) is 97.3 cm³/mol. The minimum absolute atomic E-state index is 0.0373. The molecule has 3 aromatic rings. The molecule has 0 saturated heterocycles. The Balaban J connectivity index is 2.20. The summed E-state index contributed by atoms with van der Waals surface area (Å²) in [5.74, 6) is -0.935. The Morgan fingerprint density at radius 1 is 1.04 bits per heavy atom. The number of aryl methyl sites for hydroxylation is 3. The van der Waals surface area contributed by atoms with E-state index in [9.17, 15) is 9.59 Å². The minimum Gasteiger partial charge on any atom is -0.481 e. The first-order chi connectivity index (χ1) is 11.4. The van der Waals surface area contributed by atoms with Gasteiger partial charge in [-0.05, 0) is 66.4 Å². The summed E-state index contributed by atoms with van der Waals surface area (Å²) in [4.78, 5) is 24.3. The van der Waals surface area contributed by atoms with Crippen molar-refractivity contribution in [2.24, 2.45) is 0 Å². The zero-order valence-electron chi connectivity index (χ0n) is 13.8. The monoisotopic (exact) mass is 338 g/mol. The molecule has 1 N–H and O–H groups in total. The number of hydrogen-bond acceptors (Lipinski definition) is 3. The van der Waals surface area contributed by atoms with Gasteiger partial charge in [-0.2, -0.15) is 0 Å². The molecule has 0 unspecified atom stereocenters. The van der Waals surface area contributed by atoms with Crippen molar-refractivity contribution < 1.29 is 14.7 Å². The number of fused-ring (bicyclic) bond motifs is 1. The molecule has 0 aliphatic rings. The fourth-order valence-corrected chi connectivity index (χ4v) is 4.15. The van der Waals surface area contributed by atoms with E-state index in [-0.39, 0.29) is 12.2 Å². The highest BCUT2D eigenvalue weighted by Gasteiger charge is 2.19. The number of carbonyl (C=O) groups is 2. The average molecular weight is 338 g/mol. The van der Waals surface area contributed by atoms with Crippen LogP contribution >= 0.6 is 11.3 Å². The zero-order valence-corrected chi connectivity index (χ0v) is 14.7. The first kappa shape index (κ1) is 16.4. The fourth-order valence-electron chi connectivity index (χ4n) is 3.26. The van der Waals surface area contributed by atoms with Gasteiger partial charge in [0.15, 0.2) is 5.78 Å². The highest BCUT2D eigenvalue weighted by molar-refractivity contribution is 7.17. The minimum atomic E-state index is -0.898. The van der Waals surface area contributed by atoms with Gasteiger partial charge in [-0.3, -0.25) is 9.59 Å². The molecule has 1 aromatic heterocycles. The molecule has 0 saturated carbocycles. The fraction of sp³-hybridized carbons (Fsp3) is 0.200. The molecule has 1 heterocycles. The van der Waals surface area contributed by atoms with Crippen molar-refractivity contribution in [3.63, 3.8) is 0 Å². The lowest BCUT2D eigenvalue weighted by atomic mass is 9.91. The third kappa shape index (κ3) is 2.97. The maximum Gasteiger partial charge on any atom is 0.307 e. The summed E-state index contributed by atoms with van der Waals surface area (Å²) in [5, 5.41) is 11.9. The van der Waals surface area contributed by atoms with Crippen molar-refractivity contribution in [3.8, 4) is 0 Å². The Morgan fingerprint density at radius 3 is 2.33 bits per heavy atom. The van der Waals surface area contributed by atoms with E-state index in [2.05, 4.69) is 0 Å². The molecule has 0 spiro atoms. The Hall–Kier alpha value is -2.46. The number of ketones is 1. The molecule has 0 aliphatic carbocycles. The largest absolute Gasteiger partial charge is 0.481 e. The van der Waals surface area contributed by atoms with Crippen LogP contribution in [0.4, 0.5) is 0 Å². The summed E-state index contributed by atoms with van der Waals surface area (Å²) < 4.78 is 0.911. The van der Waals surface area contributed by atoms with Crippen molar-refractivity contribution >= 4 is 33.2 Å². The van der Waals surface area contributed by atoms with Crippen molar-refractivity contribution in [2.45, 2.75) is 27.2 Å². The summed E-state index contributed by atoms with van der Waals surface area (Å²) in [7, 11) is 0. The van der Waals surface area contributed by atoms with Crippen LogP contribution in [0, 0.1) is 20.8 Å². The van der Waals surface area contributed by atoms with Gasteiger partial charge in [-0.25, -0.2) is 0 Å². The third-order valence-electron chi connectivity index (χ3n) is 4.12. The van der Waals surface area contributed by atoms with Gasteiger partial charge in [0.25, 0.3) is 0 Å². The number of carboxylic acids is 1. The van der Waals surface area contributed by atoms with Crippen LogP contribution in [-0.4, -0.2) is 16.9 Å². The van der Waals surface area contributed by atoms with E-state index < -0.39 is 5.97 Å². The van der Waals surface area contributed by atoms with Crippen LogP contribution in [0.3, 0.4) is 0 Å². The number of aliphatic carboxylic acids is 1. The molecule has 0 atom stereocenters. The third-order valence-corrected chi connectivity index (χ3v) is 5.08. The van der Waals surface area contributed by atoms with E-state index in [0.29, 0.717) is 16.7 Å². The molecule has 3 nitrogen and oxygen atoms in total. The first-order valence-electron chi connectivity index (χ1n) is 7.71.